The van der Waals surface area contributed by atoms with Crippen molar-refractivity contribution >= 4 is 34.7 Å². The lowest BCUT2D eigenvalue weighted by atomic mass is 10.1. The molecule has 1 aromatic carbocycles. The Bertz CT molecular complexity index is 713. The third-order valence-electron chi connectivity index (χ3n) is 3.12. The molecule has 0 aliphatic carbocycles. The molecule has 2 rings (SSSR count). The maximum Gasteiger partial charge on any atom is 0.265 e. The molecular formula is C16H17N3O3S. The second-order valence-corrected chi connectivity index (χ2v) is 5.79. The Balaban J connectivity index is 2.08. The number of rotatable bonds is 5. The van der Waals surface area contributed by atoms with E-state index in [2.05, 4.69) is 10.6 Å². The van der Waals surface area contributed by atoms with Crippen molar-refractivity contribution in [1.82, 2.24) is 10.2 Å². The fourth-order valence-electron chi connectivity index (χ4n) is 1.92. The fourth-order valence-corrected chi connectivity index (χ4v) is 2.54. The Hall–Kier alpha value is -2.67. The first kappa shape index (κ1) is 16.7. The number of amides is 3. The number of nitrogens with one attached hydrogen (secondary N) is 2. The molecular weight excluding hydrogens is 314 g/mol. The van der Waals surface area contributed by atoms with Crippen LogP contribution in [-0.4, -0.2) is 43.3 Å². The van der Waals surface area contributed by atoms with Gasteiger partial charge in [-0.2, -0.15) is 0 Å². The van der Waals surface area contributed by atoms with Crippen molar-refractivity contribution in [2.24, 2.45) is 0 Å². The average molecular weight is 331 g/mol. The van der Waals surface area contributed by atoms with E-state index in [0.717, 1.165) is 0 Å². The molecule has 0 spiro atoms. The highest BCUT2D eigenvalue weighted by molar-refractivity contribution is 7.12. The van der Waals surface area contributed by atoms with E-state index in [4.69, 9.17) is 0 Å². The Morgan fingerprint density at radius 3 is 2.61 bits per heavy atom. The molecule has 2 aromatic rings. The van der Waals surface area contributed by atoms with Crippen molar-refractivity contribution < 1.29 is 14.4 Å². The highest BCUT2D eigenvalue weighted by atomic mass is 32.1. The summed E-state index contributed by atoms with van der Waals surface area (Å²) < 4.78 is 0. The first-order valence-electron chi connectivity index (χ1n) is 6.92. The van der Waals surface area contributed by atoms with Crippen LogP contribution in [0.5, 0.6) is 0 Å². The van der Waals surface area contributed by atoms with Crippen LogP contribution in [-0.2, 0) is 4.79 Å². The van der Waals surface area contributed by atoms with Crippen molar-refractivity contribution in [3.05, 3.63) is 52.2 Å². The molecule has 0 fully saturated rings. The SMILES string of the molecule is CNC(=O)CN(C)C(=O)c1cccc(NC(=O)c2cccs2)c1. The van der Waals surface area contributed by atoms with E-state index in [9.17, 15) is 14.4 Å². The van der Waals surface area contributed by atoms with E-state index < -0.39 is 0 Å². The molecule has 0 saturated heterocycles. The number of likely N-dealkylation sites (N-methyl/N-ethyl adjacent to an activating group) is 2. The molecule has 0 saturated carbocycles. The molecule has 0 aliphatic rings. The summed E-state index contributed by atoms with van der Waals surface area (Å²) in [6.07, 6.45) is 0. The first-order chi connectivity index (χ1) is 11.0. The van der Waals surface area contributed by atoms with Crippen molar-refractivity contribution in [1.29, 1.82) is 0 Å². The molecule has 0 unspecified atom stereocenters. The summed E-state index contributed by atoms with van der Waals surface area (Å²) in [5.41, 5.74) is 0.933. The lowest BCUT2D eigenvalue weighted by Gasteiger charge is -2.16. The molecule has 0 atom stereocenters. The summed E-state index contributed by atoms with van der Waals surface area (Å²) in [5, 5.41) is 7.04. The molecule has 0 bridgehead atoms. The van der Waals surface area contributed by atoms with Gasteiger partial charge in [-0.1, -0.05) is 12.1 Å². The zero-order valence-corrected chi connectivity index (χ0v) is 13.6. The van der Waals surface area contributed by atoms with Crippen molar-refractivity contribution in [3.8, 4) is 0 Å². The van der Waals surface area contributed by atoms with Gasteiger partial charge < -0.3 is 15.5 Å². The first-order valence-corrected chi connectivity index (χ1v) is 7.80. The lowest BCUT2D eigenvalue weighted by Crippen LogP contribution is -2.36. The van der Waals surface area contributed by atoms with Gasteiger partial charge >= 0.3 is 0 Å². The molecule has 2 N–H and O–H groups in total. The van der Waals surface area contributed by atoms with Crippen LogP contribution >= 0.6 is 11.3 Å². The van der Waals surface area contributed by atoms with Gasteiger partial charge in [0.1, 0.15) is 0 Å². The van der Waals surface area contributed by atoms with Gasteiger partial charge in [0.05, 0.1) is 11.4 Å². The summed E-state index contributed by atoms with van der Waals surface area (Å²) in [6.45, 7) is -0.0267. The fraction of sp³-hybridized carbons (Fsp3) is 0.188. The van der Waals surface area contributed by atoms with E-state index in [1.807, 2.05) is 5.38 Å². The smallest absolute Gasteiger partial charge is 0.265 e. The molecule has 3 amide bonds. The number of hydrogen-bond donors (Lipinski definition) is 2. The van der Waals surface area contributed by atoms with Crippen LogP contribution in [0.3, 0.4) is 0 Å². The molecule has 120 valence electrons. The van der Waals surface area contributed by atoms with E-state index in [1.165, 1.54) is 23.3 Å². The van der Waals surface area contributed by atoms with Crippen LogP contribution in [0.4, 0.5) is 5.69 Å². The van der Waals surface area contributed by atoms with E-state index in [0.29, 0.717) is 16.1 Å². The number of anilines is 1. The zero-order valence-electron chi connectivity index (χ0n) is 12.8. The average Bonchev–Trinajstić information content (AvgIpc) is 3.08. The Morgan fingerprint density at radius 2 is 1.96 bits per heavy atom. The topological polar surface area (TPSA) is 78.5 Å². The summed E-state index contributed by atoms with van der Waals surface area (Å²) in [6, 6.07) is 10.2. The predicted molar refractivity (Wildman–Crippen MR) is 89.7 cm³/mol. The molecule has 0 radical (unpaired) electrons. The van der Waals surface area contributed by atoms with Gasteiger partial charge in [-0.3, -0.25) is 14.4 Å². The number of nitrogens with zero attached hydrogens (tertiary/aromatic N) is 1. The minimum Gasteiger partial charge on any atom is -0.358 e. The minimum absolute atomic E-state index is 0.0267. The Morgan fingerprint density at radius 1 is 1.17 bits per heavy atom. The van der Waals surface area contributed by atoms with Crippen molar-refractivity contribution in [3.63, 3.8) is 0 Å². The van der Waals surface area contributed by atoms with Gasteiger partial charge in [-0.25, -0.2) is 0 Å². The van der Waals surface area contributed by atoms with Crippen LogP contribution < -0.4 is 10.6 Å². The van der Waals surface area contributed by atoms with Crippen molar-refractivity contribution in [2.75, 3.05) is 26.0 Å². The van der Waals surface area contributed by atoms with Gasteiger partial charge in [0.15, 0.2) is 0 Å². The van der Waals surface area contributed by atoms with Gasteiger partial charge in [-0.05, 0) is 29.6 Å². The summed E-state index contributed by atoms with van der Waals surface area (Å²) >= 11 is 1.34. The highest BCUT2D eigenvalue weighted by Gasteiger charge is 2.15. The normalized spacial score (nSPS) is 10.0. The standard InChI is InChI=1S/C16H17N3O3S/c1-17-14(20)10-19(2)16(22)11-5-3-6-12(9-11)18-15(21)13-7-4-8-23-13/h3-9H,10H2,1-2H3,(H,17,20)(H,18,21). The number of carbonyl (C=O) groups excluding carboxylic acids is 3. The zero-order chi connectivity index (χ0) is 16.8. The number of benzene rings is 1. The highest BCUT2D eigenvalue weighted by Crippen LogP contribution is 2.15. The second-order valence-electron chi connectivity index (χ2n) is 4.85. The minimum atomic E-state index is -0.291. The lowest BCUT2D eigenvalue weighted by molar-refractivity contribution is -0.121. The van der Waals surface area contributed by atoms with Crippen LogP contribution in [0.25, 0.3) is 0 Å². The van der Waals surface area contributed by atoms with E-state index in [-0.39, 0.29) is 24.3 Å². The van der Waals surface area contributed by atoms with Crippen LogP contribution in [0, 0.1) is 0 Å². The summed E-state index contributed by atoms with van der Waals surface area (Å²) in [7, 11) is 3.07. The molecule has 1 aromatic heterocycles. The third kappa shape index (κ3) is 4.40. The van der Waals surface area contributed by atoms with Gasteiger partial charge in [0, 0.05) is 25.3 Å². The Labute approximate surface area is 138 Å². The van der Waals surface area contributed by atoms with Crippen LogP contribution in [0.15, 0.2) is 41.8 Å². The van der Waals surface area contributed by atoms with E-state index >= 15 is 0 Å². The number of hydrogen-bond acceptors (Lipinski definition) is 4. The van der Waals surface area contributed by atoms with Gasteiger partial charge in [0.2, 0.25) is 5.91 Å². The molecule has 0 aliphatic heterocycles. The molecule has 7 heteroatoms. The largest absolute Gasteiger partial charge is 0.358 e. The molecule has 1 heterocycles. The third-order valence-corrected chi connectivity index (χ3v) is 3.99. The summed E-state index contributed by atoms with van der Waals surface area (Å²) in [4.78, 5) is 37.6. The quantitative estimate of drug-likeness (QED) is 0.877. The van der Waals surface area contributed by atoms with Crippen LogP contribution in [0.2, 0.25) is 0 Å². The van der Waals surface area contributed by atoms with Crippen LogP contribution in [0.1, 0.15) is 20.0 Å². The molecule has 6 nitrogen and oxygen atoms in total. The maximum absolute atomic E-state index is 12.3. The maximum atomic E-state index is 12.3. The van der Waals surface area contributed by atoms with E-state index in [1.54, 1.807) is 43.4 Å². The monoisotopic (exact) mass is 331 g/mol. The Kier molecular flexibility index (Phi) is 5.48. The molecule has 23 heavy (non-hydrogen) atoms. The van der Waals surface area contributed by atoms with Gasteiger partial charge in [-0.15, -0.1) is 11.3 Å². The number of thiophene rings is 1. The summed E-state index contributed by atoms with van der Waals surface area (Å²) in [5.74, 6) is -0.757. The second kappa shape index (κ2) is 7.55. The van der Waals surface area contributed by atoms with Crippen molar-refractivity contribution in [2.45, 2.75) is 0 Å². The predicted octanol–water partition coefficient (Wildman–Crippen LogP) is 1.82. The number of carbonyl (C=O) groups is 3. The van der Waals surface area contributed by atoms with Gasteiger partial charge in [0.25, 0.3) is 11.8 Å².